The Labute approximate surface area is 129 Å². The first-order chi connectivity index (χ1) is 9.09. The number of nitrogens with one attached hydrogen (secondary N) is 2. The van der Waals surface area contributed by atoms with Crippen LogP contribution in [0.1, 0.15) is 26.2 Å². The van der Waals surface area contributed by atoms with E-state index in [2.05, 4.69) is 14.9 Å². The molecule has 1 atom stereocenters. The van der Waals surface area contributed by atoms with E-state index in [9.17, 15) is 8.42 Å². The molecule has 2 N–H and O–H groups in total. The molecule has 0 aromatic carbocycles. The summed E-state index contributed by atoms with van der Waals surface area (Å²) in [6.07, 6.45) is 3.54. The zero-order chi connectivity index (χ0) is 13.7. The molecule has 120 valence electrons. The first-order valence-corrected chi connectivity index (χ1v) is 9.14. The zero-order valence-electron chi connectivity index (χ0n) is 12.3. The van der Waals surface area contributed by atoms with Crippen LogP contribution in [0.3, 0.4) is 0 Å². The average Bonchev–Trinajstić information content (AvgIpc) is 2.91. The van der Waals surface area contributed by atoms with E-state index < -0.39 is 10.0 Å². The number of rotatable bonds is 6. The molecule has 0 aromatic rings. The molecule has 0 aliphatic carbocycles. The van der Waals surface area contributed by atoms with Crippen molar-refractivity contribution in [1.29, 1.82) is 0 Å². The van der Waals surface area contributed by atoms with Crippen LogP contribution >= 0.6 is 12.4 Å². The monoisotopic (exact) mass is 325 g/mol. The molecule has 0 bridgehead atoms. The maximum Gasteiger partial charge on any atom is 0.211 e. The number of halogens is 1. The largest absolute Gasteiger partial charge is 0.316 e. The fourth-order valence-electron chi connectivity index (χ4n) is 2.96. The summed E-state index contributed by atoms with van der Waals surface area (Å²) >= 11 is 0. The smallest absolute Gasteiger partial charge is 0.211 e. The second kappa shape index (κ2) is 8.54. The van der Waals surface area contributed by atoms with E-state index in [0.29, 0.717) is 12.5 Å². The van der Waals surface area contributed by atoms with Crippen LogP contribution in [0.15, 0.2) is 0 Å². The highest BCUT2D eigenvalue weighted by molar-refractivity contribution is 7.89. The van der Waals surface area contributed by atoms with Crippen LogP contribution < -0.4 is 10.0 Å². The van der Waals surface area contributed by atoms with E-state index in [0.717, 1.165) is 38.4 Å². The summed E-state index contributed by atoms with van der Waals surface area (Å²) in [5.74, 6) is 1.51. The Morgan fingerprint density at radius 3 is 2.45 bits per heavy atom. The minimum Gasteiger partial charge on any atom is -0.316 e. The highest BCUT2D eigenvalue weighted by Crippen LogP contribution is 2.19. The minimum absolute atomic E-state index is 0. The van der Waals surface area contributed by atoms with Crippen LogP contribution in [0.5, 0.6) is 0 Å². The van der Waals surface area contributed by atoms with Gasteiger partial charge in [0.1, 0.15) is 0 Å². The number of likely N-dealkylation sites (tertiary alicyclic amines) is 1. The van der Waals surface area contributed by atoms with Crippen molar-refractivity contribution in [1.82, 2.24) is 14.9 Å². The Kier molecular flexibility index (Phi) is 7.75. The number of hydrogen-bond acceptors (Lipinski definition) is 4. The second-order valence-electron chi connectivity index (χ2n) is 5.85. The van der Waals surface area contributed by atoms with E-state index >= 15 is 0 Å². The predicted molar refractivity (Wildman–Crippen MR) is 84.9 cm³/mol. The topological polar surface area (TPSA) is 61.4 Å². The van der Waals surface area contributed by atoms with Gasteiger partial charge >= 0.3 is 0 Å². The number of sulfonamides is 1. The second-order valence-corrected chi connectivity index (χ2v) is 7.95. The van der Waals surface area contributed by atoms with Crippen molar-refractivity contribution in [3.63, 3.8) is 0 Å². The molecule has 0 saturated carbocycles. The molecule has 0 radical (unpaired) electrons. The zero-order valence-corrected chi connectivity index (χ0v) is 13.9. The molecule has 0 unspecified atom stereocenters. The molecule has 2 rings (SSSR count). The summed E-state index contributed by atoms with van der Waals surface area (Å²) in [6, 6.07) is 0. The fraction of sp³-hybridized carbons (Fsp3) is 1.00. The third kappa shape index (κ3) is 5.85. The lowest BCUT2D eigenvalue weighted by Crippen LogP contribution is -2.41. The summed E-state index contributed by atoms with van der Waals surface area (Å²) in [6.45, 7) is 8.08. The highest BCUT2D eigenvalue weighted by Gasteiger charge is 2.23. The van der Waals surface area contributed by atoms with Crippen LogP contribution in [-0.2, 0) is 10.0 Å². The standard InChI is InChI=1S/C13H27N3O2S.ClH/c1-2-19(17,18)15-10-12-4-7-16(8-5-12)11-13-3-6-14-9-13;/h12-15H,2-11H2,1H3;1H/t13-;/m1./s1. The van der Waals surface area contributed by atoms with E-state index in [1.807, 2.05) is 0 Å². The van der Waals surface area contributed by atoms with Gasteiger partial charge in [0.15, 0.2) is 0 Å². The van der Waals surface area contributed by atoms with Crippen LogP contribution in [0, 0.1) is 11.8 Å². The molecule has 0 spiro atoms. The molecule has 5 nitrogen and oxygen atoms in total. The minimum atomic E-state index is -3.02. The molecule has 2 saturated heterocycles. The predicted octanol–water partition coefficient (Wildman–Crippen LogP) is 0.669. The molecule has 2 heterocycles. The molecule has 0 amide bonds. The van der Waals surface area contributed by atoms with Crippen LogP contribution in [-0.4, -0.2) is 58.3 Å². The van der Waals surface area contributed by atoms with E-state index in [1.165, 1.54) is 19.5 Å². The molecular weight excluding hydrogens is 298 g/mol. The van der Waals surface area contributed by atoms with Gasteiger partial charge in [-0.15, -0.1) is 12.4 Å². The Balaban J connectivity index is 0.00000200. The van der Waals surface area contributed by atoms with Crippen molar-refractivity contribution in [2.24, 2.45) is 11.8 Å². The first-order valence-electron chi connectivity index (χ1n) is 7.49. The summed E-state index contributed by atoms with van der Waals surface area (Å²) in [5.41, 5.74) is 0. The Morgan fingerprint density at radius 2 is 1.90 bits per heavy atom. The first kappa shape index (κ1) is 18.2. The lowest BCUT2D eigenvalue weighted by molar-refractivity contribution is 0.165. The lowest BCUT2D eigenvalue weighted by Gasteiger charge is -2.33. The Bertz CT molecular complexity index is 364. The van der Waals surface area contributed by atoms with Crippen molar-refractivity contribution in [2.75, 3.05) is 45.0 Å². The van der Waals surface area contributed by atoms with Gasteiger partial charge in [-0.05, 0) is 64.2 Å². The van der Waals surface area contributed by atoms with Gasteiger partial charge in [-0.3, -0.25) is 0 Å². The van der Waals surface area contributed by atoms with E-state index in [1.54, 1.807) is 6.92 Å². The third-order valence-corrected chi connectivity index (χ3v) is 5.72. The van der Waals surface area contributed by atoms with Gasteiger partial charge in [-0.25, -0.2) is 13.1 Å². The van der Waals surface area contributed by atoms with Gasteiger partial charge in [0.05, 0.1) is 5.75 Å². The Hall–Kier alpha value is 0.120. The maximum absolute atomic E-state index is 11.4. The van der Waals surface area contributed by atoms with Crippen LogP contribution in [0.4, 0.5) is 0 Å². The van der Waals surface area contributed by atoms with Crippen molar-refractivity contribution in [2.45, 2.75) is 26.2 Å². The Morgan fingerprint density at radius 1 is 1.20 bits per heavy atom. The molecular formula is C13H28ClN3O2S. The summed E-state index contributed by atoms with van der Waals surface area (Å²) < 4.78 is 25.5. The highest BCUT2D eigenvalue weighted by atomic mass is 35.5. The number of nitrogens with zero attached hydrogens (tertiary/aromatic N) is 1. The SMILES string of the molecule is CCS(=O)(=O)NCC1CCN(C[C@@H]2CCNC2)CC1.Cl. The number of piperidine rings is 1. The van der Waals surface area contributed by atoms with Gasteiger partial charge in [-0.2, -0.15) is 0 Å². The average molecular weight is 326 g/mol. The van der Waals surface area contributed by atoms with Crippen molar-refractivity contribution in [3.05, 3.63) is 0 Å². The summed E-state index contributed by atoms with van der Waals surface area (Å²) in [4.78, 5) is 2.54. The molecule has 2 fully saturated rings. The van der Waals surface area contributed by atoms with E-state index in [-0.39, 0.29) is 18.2 Å². The molecule has 2 aliphatic heterocycles. The normalized spacial score (nSPS) is 25.6. The van der Waals surface area contributed by atoms with Crippen LogP contribution in [0.2, 0.25) is 0 Å². The molecule has 20 heavy (non-hydrogen) atoms. The van der Waals surface area contributed by atoms with E-state index in [4.69, 9.17) is 0 Å². The van der Waals surface area contributed by atoms with Gasteiger partial charge in [-0.1, -0.05) is 0 Å². The molecule has 7 heteroatoms. The quantitative estimate of drug-likeness (QED) is 0.753. The lowest BCUT2D eigenvalue weighted by atomic mass is 9.96. The van der Waals surface area contributed by atoms with Gasteiger partial charge in [0, 0.05) is 13.1 Å². The summed E-state index contributed by atoms with van der Waals surface area (Å²) in [5, 5.41) is 3.41. The van der Waals surface area contributed by atoms with Gasteiger partial charge < -0.3 is 10.2 Å². The molecule has 0 aromatic heterocycles. The maximum atomic E-state index is 11.4. The third-order valence-electron chi connectivity index (χ3n) is 4.36. The van der Waals surface area contributed by atoms with Crippen molar-refractivity contribution in [3.8, 4) is 0 Å². The summed E-state index contributed by atoms with van der Waals surface area (Å²) in [7, 11) is -3.02. The fourth-order valence-corrected chi connectivity index (χ4v) is 3.65. The van der Waals surface area contributed by atoms with Gasteiger partial charge in [0.2, 0.25) is 10.0 Å². The van der Waals surface area contributed by atoms with Crippen LogP contribution in [0.25, 0.3) is 0 Å². The molecule has 2 aliphatic rings. The van der Waals surface area contributed by atoms with Crippen molar-refractivity contribution >= 4 is 22.4 Å². The van der Waals surface area contributed by atoms with Crippen molar-refractivity contribution < 1.29 is 8.42 Å². The number of hydrogen-bond donors (Lipinski definition) is 2. The van der Waals surface area contributed by atoms with Gasteiger partial charge in [0.25, 0.3) is 0 Å².